The van der Waals surface area contributed by atoms with Crippen LogP contribution in [0, 0.1) is 5.92 Å². The van der Waals surface area contributed by atoms with Crippen molar-refractivity contribution in [3.63, 3.8) is 0 Å². The molecule has 140 valence electrons. The maximum absolute atomic E-state index is 13.5. The molecule has 0 saturated carbocycles. The summed E-state index contributed by atoms with van der Waals surface area (Å²) in [6.45, 7) is 0. The normalized spacial score (nSPS) is 13.2. The van der Waals surface area contributed by atoms with Crippen molar-refractivity contribution in [1.29, 1.82) is 0 Å². The number of ketones is 2. The van der Waals surface area contributed by atoms with Gasteiger partial charge in [-0.05, 0) is 23.6 Å². The number of hydrogen-bond donors (Lipinski definition) is 0. The Balaban J connectivity index is 1.88. The molecule has 0 aliphatic heterocycles. The van der Waals surface area contributed by atoms with Crippen LogP contribution in [0.25, 0.3) is 0 Å². The second-order valence-electron chi connectivity index (χ2n) is 6.44. The fraction of sp³-hybridized carbons (Fsp3) is 0.136. The third kappa shape index (κ3) is 3.34. The molecule has 2 atom stereocenters. The van der Waals surface area contributed by atoms with E-state index in [1.54, 1.807) is 42.6 Å². The van der Waals surface area contributed by atoms with Crippen LogP contribution in [-0.2, 0) is 7.05 Å². The number of thiophene rings is 1. The molecule has 5 nitrogen and oxygen atoms in total. The van der Waals surface area contributed by atoms with Crippen LogP contribution in [0.15, 0.2) is 83.1 Å². The van der Waals surface area contributed by atoms with E-state index in [4.69, 9.17) is 4.42 Å². The summed E-state index contributed by atoms with van der Waals surface area (Å²) in [5.74, 6) is -1.25. The molecule has 0 fully saturated rings. The predicted octanol–water partition coefficient (Wildman–Crippen LogP) is 4.59. The number of hydrogen-bond acceptors (Lipinski definition) is 5. The minimum atomic E-state index is -0.978. The molecule has 2 unspecified atom stereocenters. The highest BCUT2D eigenvalue weighted by Crippen LogP contribution is 2.37. The average molecular weight is 390 g/mol. The van der Waals surface area contributed by atoms with Gasteiger partial charge in [0, 0.05) is 29.9 Å². The highest BCUT2D eigenvalue weighted by atomic mass is 32.1. The molecule has 0 N–H and O–H groups in total. The zero-order valence-electron chi connectivity index (χ0n) is 15.2. The van der Waals surface area contributed by atoms with Crippen LogP contribution in [-0.4, -0.2) is 21.1 Å². The Bertz CT molecular complexity index is 1070. The molecule has 0 aliphatic rings. The number of aryl methyl sites for hydroxylation is 1. The first-order valence-corrected chi connectivity index (χ1v) is 9.72. The van der Waals surface area contributed by atoms with Crippen molar-refractivity contribution in [3.05, 3.63) is 101 Å². The largest absolute Gasteiger partial charge is 0.461 e. The minimum Gasteiger partial charge on any atom is -0.461 e. The van der Waals surface area contributed by atoms with Gasteiger partial charge in [-0.2, -0.15) is 0 Å². The van der Waals surface area contributed by atoms with Crippen LogP contribution < -0.4 is 0 Å². The molecule has 0 bridgehead atoms. The molecule has 3 heterocycles. The number of aromatic nitrogens is 2. The molecule has 28 heavy (non-hydrogen) atoms. The zero-order valence-corrected chi connectivity index (χ0v) is 16.0. The first-order chi connectivity index (χ1) is 13.7. The van der Waals surface area contributed by atoms with Crippen molar-refractivity contribution in [3.8, 4) is 0 Å². The third-order valence-electron chi connectivity index (χ3n) is 4.71. The summed E-state index contributed by atoms with van der Waals surface area (Å²) < 4.78 is 7.20. The molecule has 4 aromatic rings. The fourth-order valence-electron chi connectivity index (χ4n) is 3.36. The molecule has 0 spiro atoms. The van der Waals surface area contributed by atoms with Crippen LogP contribution >= 0.6 is 11.3 Å². The number of imidazole rings is 1. The lowest BCUT2D eigenvalue weighted by atomic mass is 9.80. The van der Waals surface area contributed by atoms with Crippen molar-refractivity contribution >= 4 is 22.9 Å². The lowest BCUT2D eigenvalue weighted by Gasteiger charge is -2.24. The topological polar surface area (TPSA) is 65.1 Å². The van der Waals surface area contributed by atoms with E-state index in [0.29, 0.717) is 11.4 Å². The zero-order chi connectivity index (χ0) is 19.5. The number of carbonyl (C=O) groups is 2. The van der Waals surface area contributed by atoms with Crippen LogP contribution in [0.4, 0.5) is 0 Å². The number of carbonyl (C=O) groups excluding carboxylic acids is 2. The van der Waals surface area contributed by atoms with E-state index in [1.165, 1.54) is 17.6 Å². The number of Topliss-reactive ketones (excluding diaryl/α,β-unsaturated/α-hetero) is 2. The van der Waals surface area contributed by atoms with Crippen molar-refractivity contribution in [2.75, 3.05) is 0 Å². The van der Waals surface area contributed by atoms with Gasteiger partial charge in [0.05, 0.1) is 12.2 Å². The predicted molar refractivity (Wildman–Crippen MR) is 107 cm³/mol. The highest BCUT2D eigenvalue weighted by Gasteiger charge is 2.41. The molecular formula is C22H18N2O3S. The van der Waals surface area contributed by atoms with E-state index in [0.717, 1.165) is 4.88 Å². The molecule has 1 aromatic carbocycles. The molecule has 0 radical (unpaired) electrons. The maximum Gasteiger partial charge on any atom is 0.209 e. The Morgan fingerprint density at radius 3 is 2.46 bits per heavy atom. The van der Waals surface area contributed by atoms with Crippen LogP contribution in [0.2, 0.25) is 0 Å². The Kier molecular flexibility index (Phi) is 5.04. The van der Waals surface area contributed by atoms with Gasteiger partial charge in [0.2, 0.25) is 5.78 Å². The van der Waals surface area contributed by atoms with Gasteiger partial charge in [-0.25, -0.2) is 4.98 Å². The molecule has 0 saturated heterocycles. The molecule has 0 aliphatic carbocycles. The van der Waals surface area contributed by atoms with Gasteiger partial charge < -0.3 is 8.98 Å². The number of rotatable bonds is 7. The average Bonchev–Trinajstić information content (AvgIpc) is 3.48. The minimum absolute atomic E-state index is 0.171. The van der Waals surface area contributed by atoms with Crippen molar-refractivity contribution < 1.29 is 14.0 Å². The van der Waals surface area contributed by atoms with Crippen LogP contribution in [0.5, 0.6) is 0 Å². The Morgan fingerprint density at radius 2 is 1.86 bits per heavy atom. The van der Waals surface area contributed by atoms with Crippen molar-refractivity contribution in [2.45, 2.75) is 5.92 Å². The Labute approximate surface area is 166 Å². The second-order valence-corrected chi connectivity index (χ2v) is 7.42. The second kappa shape index (κ2) is 7.78. The number of benzene rings is 1. The van der Waals surface area contributed by atoms with E-state index >= 15 is 0 Å². The van der Waals surface area contributed by atoms with E-state index < -0.39 is 11.8 Å². The summed E-state index contributed by atoms with van der Waals surface area (Å²) in [6, 6.07) is 16.0. The number of furan rings is 1. The smallest absolute Gasteiger partial charge is 0.209 e. The van der Waals surface area contributed by atoms with Gasteiger partial charge in [-0.3, -0.25) is 9.59 Å². The van der Waals surface area contributed by atoms with Crippen molar-refractivity contribution in [1.82, 2.24) is 9.55 Å². The molecule has 0 amide bonds. The maximum atomic E-state index is 13.5. The monoisotopic (exact) mass is 390 g/mol. The molecule has 6 heteroatoms. The standard InChI is InChI=1S/C22H18N2O3S/c1-24-12-11-23-22(24)18(17-10-6-14-28-17)19(21(26)16-9-5-13-27-16)20(25)15-7-3-2-4-8-15/h2-14,18-19H,1H3. The van der Waals surface area contributed by atoms with Gasteiger partial charge in [0.1, 0.15) is 11.7 Å². The molecular weight excluding hydrogens is 372 g/mol. The Hall–Kier alpha value is -3.25. The van der Waals surface area contributed by atoms with Crippen LogP contribution in [0.3, 0.4) is 0 Å². The van der Waals surface area contributed by atoms with Gasteiger partial charge in [0.15, 0.2) is 11.5 Å². The Morgan fingerprint density at radius 1 is 1.04 bits per heavy atom. The summed E-state index contributed by atoms with van der Waals surface area (Å²) in [6.07, 6.45) is 4.94. The fourth-order valence-corrected chi connectivity index (χ4v) is 4.22. The van der Waals surface area contributed by atoms with Gasteiger partial charge in [0.25, 0.3) is 0 Å². The summed E-state index contributed by atoms with van der Waals surface area (Å²) in [5, 5.41) is 1.94. The first-order valence-electron chi connectivity index (χ1n) is 8.84. The van der Waals surface area contributed by atoms with E-state index in [9.17, 15) is 9.59 Å². The van der Waals surface area contributed by atoms with Crippen molar-refractivity contribution in [2.24, 2.45) is 13.0 Å². The summed E-state index contributed by atoms with van der Waals surface area (Å²) in [5.41, 5.74) is 0.489. The number of nitrogens with zero attached hydrogens (tertiary/aromatic N) is 2. The summed E-state index contributed by atoms with van der Waals surface area (Å²) in [4.78, 5) is 32.3. The lowest BCUT2D eigenvalue weighted by molar-refractivity contribution is 0.0773. The van der Waals surface area contributed by atoms with Gasteiger partial charge in [-0.15, -0.1) is 11.3 Å². The van der Waals surface area contributed by atoms with E-state index in [1.807, 2.05) is 41.4 Å². The van der Waals surface area contributed by atoms with E-state index in [-0.39, 0.29) is 17.3 Å². The first kappa shape index (κ1) is 18.1. The highest BCUT2D eigenvalue weighted by molar-refractivity contribution is 7.10. The molecule has 4 rings (SSSR count). The summed E-state index contributed by atoms with van der Waals surface area (Å²) in [7, 11) is 1.87. The van der Waals surface area contributed by atoms with Gasteiger partial charge >= 0.3 is 0 Å². The third-order valence-corrected chi connectivity index (χ3v) is 5.66. The quantitative estimate of drug-likeness (QED) is 0.342. The van der Waals surface area contributed by atoms with Gasteiger partial charge in [-0.1, -0.05) is 36.4 Å². The van der Waals surface area contributed by atoms with Crippen LogP contribution in [0.1, 0.15) is 37.5 Å². The molecule has 3 aromatic heterocycles. The van der Waals surface area contributed by atoms with E-state index in [2.05, 4.69) is 4.98 Å². The SMILES string of the molecule is Cn1ccnc1C(c1cccs1)C(C(=O)c1ccccc1)C(=O)c1ccco1. The lowest BCUT2D eigenvalue weighted by Crippen LogP contribution is -2.32. The summed E-state index contributed by atoms with van der Waals surface area (Å²) >= 11 is 1.51.